The molecule has 4 aromatic rings. The molecule has 0 unspecified atom stereocenters. The van der Waals surface area contributed by atoms with E-state index in [4.69, 9.17) is 0 Å². The highest BCUT2D eigenvalue weighted by Gasteiger charge is 2.14. The number of imidazole rings is 1. The fourth-order valence-electron chi connectivity index (χ4n) is 2.65. The fourth-order valence-corrected chi connectivity index (χ4v) is 2.65. The molecule has 1 N–H and O–H groups in total. The third kappa shape index (κ3) is 3.04. The molecule has 0 aliphatic rings. The van der Waals surface area contributed by atoms with Crippen LogP contribution in [0.25, 0.3) is 16.9 Å². The van der Waals surface area contributed by atoms with Crippen LogP contribution in [-0.2, 0) is 0 Å². The zero-order valence-electron chi connectivity index (χ0n) is 14.0. The molecule has 0 atom stereocenters. The van der Waals surface area contributed by atoms with E-state index < -0.39 is 0 Å². The molecule has 5 nitrogen and oxygen atoms in total. The molecule has 6 heteroatoms. The standard InChI is InChI=1S/C20H15FN4O/c1-13-10-11-25-18(12-13)22-19(14-2-4-15(21)5-3-14)20(25)24-23-16-6-8-17(26)9-7-16/h2-12,26H,1H3. The SMILES string of the molecule is Cc1ccn2c(N=Nc3ccc(O)cc3)c(-c3ccc(F)cc3)nc2c1. The molecule has 0 aliphatic heterocycles. The Labute approximate surface area is 149 Å². The number of hydrogen-bond donors (Lipinski definition) is 1. The number of hydrogen-bond acceptors (Lipinski definition) is 4. The number of benzene rings is 2. The number of rotatable bonds is 3. The van der Waals surface area contributed by atoms with Gasteiger partial charge in [0.1, 0.15) is 22.9 Å². The van der Waals surface area contributed by atoms with Gasteiger partial charge in [-0.1, -0.05) is 0 Å². The van der Waals surface area contributed by atoms with Crippen LogP contribution in [0, 0.1) is 12.7 Å². The molecule has 0 spiro atoms. The zero-order chi connectivity index (χ0) is 18.1. The quantitative estimate of drug-likeness (QED) is 0.493. The molecule has 26 heavy (non-hydrogen) atoms. The highest BCUT2D eigenvalue weighted by atomic mass is 19.1. The Morgan fingerprint density at radius 1 is 0.962 bits per heavy atom. The lowest BCUT2D eigenvalue weighted by Gasteiger charge is -2.00. The van der Waals surface area contributed by atoms with Gasteiger partial charge in [0.2, 0.25) is 0 Å². The lowest BCUT2D eigenvalue weighted by Crippen LogP contribution is -1.84. The number of phenols is 1. The van der Waals surface area contributed by atoms with Crippen molar-refractivity contribution in [1.29, 1.82) is 0 Å². The molecule has 0 fully saturated rings. The van der Waals surface area contributed by atoms with Gasteiger partial charge in [-0.15, -0.1) is 10.2 Å². The summed E-state index contributed by atoms with van der Waals surface area (Å²) in [4.78, 5) is 4.65. The molecule has 4 rings (SSSR count). The molecule has 0 saturated carbocycles. The van der Waals surface area contributed by atoms with Crippen LogP contribution in [0.15, 0.2) is 77.1 Å². The van der Waals surface area contributed by atoms with Crippen LogP contribution in [-0.4, -0.2) is 14.5 Å². The van der Waals surface area contributed by atoms with E-state index in [0.29, 0.717) is 17.2 Å². The molecular weight excluding hydrogens is 331 g/mol. The van der Waals surface area contributed by atoms with Crippen LogP contribution in [0.2, 0.25) is 0 Å². The first kappa shape index (κ1) is 16.0. The molecule has 0 amide bonds. The average molecular weight is 346 g/mol. The summed E-state index contributed by atoms with van der Waals surface area (Å²) in [6, 6.07) is 16.5. The van der Waals surface area contributed by atoms with Crippen LogP contribution in [0.4, 0.5) is 15.9 Å². The van der Waals surface area contributed by atoms with Crippen molar-refractivity contribution in [2.24, 2.45) is 10.2 Å². The summed E-state index contributed by atoms with van der Waals surface area (Å²) in [6.45, 7) is 1.99. The average Bonchev–Trinajstić information content (AvgIpc) is 2.99. The second-order valence-corrected chi connectivity index (χ2v) is 5.94. The summed E-state index contributed by atoms with van der Waals surface area (Å²) in [6.07, 6.45) is 1.88. The first-order chi connectivity index (χ1) is 12.6. The Bertz CT molecular complexity index is 1100. The van der Waals surface area contributed by atoms with Gasteiger partial charge in [-0.05, 0) is 73.2 Å². The molecule has 0 saturated heterocycles. The van der Waals surface area contributed by atoms with E-state index in [1.807, 2.05) is 29.7 Å². The largest absolute Gasteiger partial charge is 0.508 e. The van der Waals surface area contributed by atoms with Crippen molar-refractivity contribution >= 4 is 17.2 Å². The lowest BCUT2D eigenvalue weighted by molar-refractivity contribution is 0.475. The molecule has 0 aliphatic carbocycles. The summed E-state index contributed by atoms with van der Waals surface area (Å²) in [5.74, 6) is 0.418. The molecular formula is C20H15FN4O. The number of fused-ring (bicyclic) bond motifs is 1. The summed E-state index contributed by atoms with van der Waals surface area (Å²) < 4.78 is 15.1. The third-order valence-corrected chi connectivity index (χ3v) is 3.98. The lowest BCUT2D eigenvalue weighted by atomic mass is 10.1. The van der Waals surface area contributed by atoms with E-state index in [1.54, 1.807) is 36.4 Å². The molecule has 2 aromatic carbocycles. The topological polar surface area (TPSA) is 62.2 Å². The normalized spacial score (nSPS) is 11.5. The van der Waals surface area contributed by atoms with Gasteiger partial charge in [0, 0.05) is 11.8 Å². The highest BCUT2D eigenvalue weighted by molar-refractivity contribution is 5.74. The van der Waals surface area contributed by atoms with Crippen LogP contribution in [0.5, 0.6) is 5.75 Å². The number of aromatic nitrogens is 2. The van der Waals surface area contributed by atoms with E-state index >= 15 is 0 Å². The molecule has 2 aromatic heterocycles. The summed E-state index contributed by atoms with van der Waals surface area (Å²) in [5, 5.41) is 18.0. The van der Waals surface area contributed by atoms with E-state index in [-0.39, 0.29) is 11.6 Å². The smallest absolute Gasteiger partial charge is 0.187 e. The van der Waals surface area contributed by atoms with Crippen molar-refractivity contribution in [2.75, 3.05) is 0 Å². The van der Waals surface area contributed by atoms with Crippen LogP contribution in [0.3, 0.4) is 0 Å². The number of phenolic OH excluding ortho intramolecular Hbond substituents is 1. The predicted molar refractivity (Wildman–Crippen MR) is 97.6 cm³/mol. The van der Waals surface area contributed by atoms with Gasteiger partial charge >= 0.3 is 0 Å². The summed E-state index contributed by atoms with van der Waals surface area (Å²) in [5.41, 5.74) is 3.81. The monoisotopic (exact) mass is 346 g/mol. The van der Waals surface area contributed by atoms with E-state index in [2.05, 4.69) is 15.2 Å². The maximum absolute atomic E-state index is 13.3. The van der Waals surface area contributed by atoms with Gasteiger partial charge in [-0.2, -0.15) is 0 Å². The molecule has 0 radical (unpaired) electrons. The molecule has 128 valence electrons. The fraction of sp³-hybridized carbons (Fsp3) is 0.0500. The number of pyridine rings is 1. The zero-order valence-corrected chi connectivity index (χ0v) is 14.0. The van der Waals surface area contributed by atoms with Gasteiger partial charge in [0.05, 0.1) is 5.69 Å². The maximum atomic E-state index is 13.3. The van der Waals surface area contributed by atoms with Crippen LogP contribution >= 0.6 is 0 Å². The van der Waals surface area contributed by atoms with Crippen molar-refractivity contribution in [3.8, 4) is 17.0 Å². The minimum atomic E-state index is -0.305. The minimum absolute atomic E-state index is 0.168. The van der Waals surface area contributed by atoms with Crippen molar-refractivity contribution in [3.63, 3.8) is 0 Å². The summed E-state index contributed by atoms with van der Waals surface area (Å²) in [7, 11) is 0. The number of aromatic hydroxyl groups is 1. The molecule has 0 bridgehead atoms. The first-order valence-corrected chi connectivity index (χ1v) is 8.05. The van der Waals surface area contributed by atoms with Gasteiger partial charge in [-0.25, -0.2) is 9.37 Å². The van der Waals surface area contributed by atoms with Gasteiger partial charge < -0.3 is 5.11 Å². The number of nitrogens with zero attached hydrogens (tertiary/aromatic N) is 4. The van der Waals surface area contributed by atoms with E-state index in [0.717, 1.165) is 16.8 Å². The number of azo groups is 1. The Morgan fingerprint density at radius 2 is 1.69 bits per heavy atom. The highest BCUT2D eigenvalue weighted by Crippen LogP contribution is 2.32. The van der Waals surface area contributed by atoms with Gasteiger partial charge in [-0.3, -0.25) is 4.40 Å². The van der Waals surface area contributed by atoms with Gasteiger partial charge in [0.15, 0.2) is 5.82 Å². The van der Waals surface area contributed by atoms with E-state index in [1.165, 1.54) is 12.1 Å². The number of halogens is 1. The maximum Gasteiger partial charge on any atom is 0.187 e. The molecule has 2 heterocycles. The van der Waals surface area contributed by atoms with E-state index in [9.17, 15) is 9.50 Å². The van der Waals surface area contributed by atoms with Crippen molar-refractivity contribution in [1.82, 2.24) is 9.38 Å². The van der Waals surface area contributed by atoms with Crippen molar-refractivity contribution in [2.45, 2.75) is 6.92 Å². The second kappa shape index (κ2) is 6.40. The Morgan fingerprint density at radius 3 is 2.42 bits per heavy atom. The Balaban J connectivity index is 1.86. The van der Waals surface area contributed by atoms with Crippen LogP contribution in [0.1, 0.15) is 5.56 Å². The van der Waals surface area contributed by atoms with Crippen molar-refractivity contribution in [3.05, 3.63) is 78.2 Å². The third-order valence-electron chi connectivity index (χ3n) is 3.98. The predicted octanol–water partition coefficient (Wildman–Crippen LogP) is 5.57. The number of aryl methyl sites for hydroxylation is 1. The Hall–Kier alpha value is -3.54. The first-order valence-electron chi connectivity index (χ1n) is 8.05. The van der Waals surface area contributed by atoms with Crippen LogP contribution < -0.4 is 0 Å². The van der Waals surface area contributed by atoms with Crippen molar-refractivity contribution < 1.29 is 9.50 Å². The Kier molecular flexibility index (Phi) is 3.93. The van der Waals surface area contributed by atoms with Gasteiger partial charge in [0.25, 0.3) is 0 Å². The second-order valence-electron chi connectivity index (χ2n) is 5.94. The summed E-state index contributed by atoms with van der Waals surface area (Å²) >= 11 is 0. The minimum Gasteiger partial charge on any atom is -0.508 e.